The number of nitriles is 1. The van der Waals surface area contributed by atoms with Crippen LogP contribution in [-0.2, 0) is 4.79 Å². The highest BCUT2D eigenvalue weighted by atomic mass is 79.9. The highest BCUT2D eigenvalue weighted by molar-refractivity contribution is 9.09. The molecule has 1 amide bonds. The second-order valence-corrected chi connectivity index (χ2v) is 4.18. The summed E-state index contributed by atoms with van der Waals surface area (Å²) in [7, 11) is 0. The van der Waals surface area contributed by atoms with E-state index in [1.54, 1.807) is 24.3 Å². The van der Waals surface area contributed by atoms with Crippen LogP contribution in [0.25, 0.3) is 0 Å². The first-order valence-corrected chi connectivity index (χ1v) is 6.24. The molecule has 4 heteroatoms. The molecule has 16 heavy (non-hydrogen) atoms. The first-order valence-electron chi connectivity index (χ1n) is 5.12. The molecule has 0 fully saturated rings. The van der Waals surface area contributed by atoms with E-state index in [9.17, 15) is 4.79 Å². The van der Waals surface area contributed by atoms with Gasteiger partial charge in [0.05, 0.1) is 11.6 Å². The van der Waals surface area contributed by atoms with Crippen LogP contribution in [0.5, 0.6) is 0 Å². The zero-order chi connectivity index (χ0) is 11.8. The lowest BCUT2D eigenvalue weighted by molar-refractivity contribution is -0.116. The quantitative estimate of drug-likeness (QED) is 0.666. The number of carbonyl (C=O) groups is 1. The fraction of sp³-hybridized carbons (Fsp3) is 0.333. The van der Waals surface area contributed by atoms with Gasteiger partial charge in [0, 0.05) is 17.4 Å². The van der Waals surface area contributed by atoms with Crippen LogP contribution in [0.4, 0.5) is 5.69 Å². The van der Waals surface area contributed by atoms with E-state index >= 15 is 0 Å². The standard InChI is InChI=1S/C12H13BrN2O/c13-8-2-1-3-12(16)15-11-6-4-10(9-14)5-7-11/h4-7H,1-3,8H2,(H,15,16). The lowest BCUT2D eigenvalue weighted by atomic mass is 10.2. The summed E-state index contributed by atoms with van der Waals surface area (Å²) in [5, 5.41) is 12.3. The smallest absolute Gasteiger partial charge is 0.224 e. The predicted octanol–water partition coefficient (Wildman–Crippen LogP) is 3.06. The fourth-order valence-corrected chi connectivity index (χ4v) is 1.63. The Morgan fingerprint density at radius 3 is 2.56 bits per heavy atom. The number of hydrogen-bond donors (Lipinski definition) is 1. The van der Waals surface area contributed by atoms with Crippen molar-refractivity contribution in [2.45, 2.75) is 19.3 Å². The molecule has 3 nitrogen and oxygen atoms in total. The molecule has 0 aliphatic heterocycles. The summed E-state index contributed by atoms with van der Waals surface area (Å²) in [6.07, 6.45) is 2.42. The summed E-state index contributed by atoms with van der Waals surface area (Å²) in [4.78, 5) is 11.5. The Bertz CT molecular complexity index is 381. The lowest BCUT2D eigenvalue weighted by Gasteiger charge is -2.04. The van der Waals surface area contributed by atoms with E-state index in [1.165, 1.54) is 0 Å². The van der Waals surface area contributed by atoms with Gasteiger partial charge in [-0.25, -0.2) is 0 Å². The third-order valence-corrected chi connectivity index (χ3v) is 2.65. The molecule has 0 saturated heterocycles. The van der Waals surface area contributed by atoms with Crippen molar-refractivity contribution in [3.8, 4) is 6.07 Å². The van der Waals surface area contributed by atoms with Gasteiger partial charge in [0.1, 0.15) is 0 Å². The van der Waals surface area contributed by atoms with Crippen LogP contribution in [0.3, 0.4) is 0 Å². The zero-order valence-corrected chi connectivity index (χ0v) is 10.5. The van der Waals surface area contributed by atoms with E-state index in [4.69, 9.17) is 5.26 Å². The van der Waals surface area contributed by atoms with Crippen LogP contribution in [0.1, 0.15) is 24.8 Å². The number of anilines is 1. The Morgan fingerprint density at radius 1 is 1.31 bits per heavy atom. The largest absolute Gasteiger partial charge is 0.326 e. The zero-order valence-electron chi connectivity index (χ0n) is 8.87. The van der Waals surface area contributed by atoms with Gasteiger partial charge < -0.3 is 5.32 Å². The van der Waals surface area contributed by atoms with Crippen molar-refractivity contribution >= 4 is 27.5 Å². The summed E-state index contributed by atoms with van der Waals surface area (Å²) in [6.45, 7) is 0. The van der Waals surface area contributed by atoms with Crippen LogP contribution in [0.15, 0.2) is 24.3 Å². The average molecular weight is 281 g/mol. The van der Waals surface area contributed by atoms with Gasteiger partial charge >= 0.3 is 0 Å². The molecule has 0 saturated carbocycles. The molecule has 0 aliphatic rings. The minimum absolute atomic E-state index is 0.0191. The first kappa shape index (κ1) is 12.7. The van der Waals surface area contributed by atoms with Crippen LogP contribution in [-0.4, -0.2) is 11.2 Å². The minimum atomic E-state index is 0.0191. The van der Waals surface area contributed by atoms with Crippen molar-refractivity contribution in [1.82, 2.24) is 0 Å². The molecule has 0 spiro atoms. The van der Waals surface area contributed by atoms with Crippen molar-refractivity contribution in [2.24, 2.45) is 0 Å². The molecular formula is C12H13BrN2O. The maximum absolute atomic E-state index is 11.5. The molecule has 0 bridgehead atoms. The molecular weight excluding hydrogens is 268 g/mol. The Kier molecular flexibility index (Phi) is 5.58. The first-order chi connectivity index (χ1) is 7.76. The normalized spacial score (nSPS) is 9.50. The van der Waals surface area contributed by atoms with E-state index in [0.29, 0.717) is 12.0 Å². The average Bonchev–Trinajstić information content (AvgIpc) is 2.30. The molecule has 0 radical (unpaired) electrons. The molecule has 1 aromatic carbocycles. The number of rotatable bonds is 5. The van der Waals surface area contributed by atoms with Crippen LogP contribution in [0.2, 0.25) is 0 Å². The second kappa shape index (κ2) is 7.02. The van der Waals surface area contributed by atoms with Crippen LogP contribution < -0.4 is 5.32 Å². The van der Waals surface area contributed by atoms with Crippen molar-refractivity contribution < 1.29 is 4.79 Å². The molecule has 0 aliphatic carbocycles. The highest BCUT2D eigenvalue weighted by Gasteiger charge is 2.01. The minimum Gasteiger partial charge on any atom is -0.326 e. The van der Waals surface area contributed by atoms with Crippen molar-refractivity contribution in [3.63, 3.8) is 0 Å². The fourth-order valence-electron chi connectivity index (χ4n) is 1.23. The Hall–Kier alpha value is -1.34. The van der Waals surface area contributed by atoms with Gasteiger partial charge in [-0.1, -0.05) is 15.9 Å². The number of hydrogen-bond acceptors (Lipinski definition) is 2. The van der Waals surface area contributed by atoms with E-state index in [0.717, 1.165) is 23.9 Å². The monoisotopic (exact) mass is 280 g/mol. The summed E-state index contributed by atoms with van der Waals surface area (Å²) in [6, 6.07) is 8.88. The molecule has 1 N–H and O–H groups in total. The SMILES string of the molecule is N#Cc1ccc(NC(=O)CCCCBr)cc1. The lowest BCUT2D eigenvalue weighted by Crippen LogP contribution is -2.10. The second-order valence-electron chi connectivity index (χ2n) is 3.38. The molecule has 1 aromatic rings. The summed E-state index contributed by atoms with van der Waals surface area (Å²) < 4.78 is 0. The summed E-state index contributed by atoms with van der Waals surface area (Å²) >= 11 is 3.32. The summed E-state index contributed by atoms with van der Waals surface area (Å²) in [5.74, 6) is 0.0191. The third-order valence-electron chi connectivity index (χ3n) is 2.09. The molecule has 1 rings (SSSR count). The third kappa shape index (κ3) is 4.45. The predicted molar refractivity (Wildman–Crippen MR) is 67.4 cm³/mol. The van der Waals surface area contributed by atoms with Gasteiger partial charge in [0.25, 0.3) is 0 Å². The van der Waals surface area contributed by atoms with Gasteiger partial charge in [-0.05, 0) is 37.1 Å². The topological polar surface area (TPSA) is 52.9 Å². The van der Waals surface area contributed by atoms with Gasteiger partial charge in [0.2, 0.25) is 5.91 Å². The number of nitrogens with one attached hydrogen (secondary N) is 1. The number of amides is 1. The van der Waals surface area contributed by atoms with Crippen molar-refractivity contribution in [3.05, 3.63) is 29.8 Å². The molecule has 0 atom stereocenters. The number of alkyl halides is 1. The van der Waals surface area contributed by atoms with Gasteiger partial charge in [0.15, 0.2) is 0 Å². The molecule has 84 valence electrons. The summed E-state index contributed by atoms with van der Waals surface area (Å²) in [5.41, 5.74) is 1.33. The number of halogens is 1. The Morgan fingerprint density at radius 2 is 2.00 bits per heavy atom. The van der Waals surface area contributed by atoms with Crippen LogP contribution in [0, 0.1) is 11.3 Å². The van der Waals surface area contributed by atoms with E-state index in [2.05, 4.69) is 21.2 Å². The molecule has 0 aromatic heterocycles. The van der Waals surface area contributed by atoms with Crippen molar-refractivity contribution in [1.29, 1.82) is 5.26 Å². The maximum Gasteiger partial charge on any atom is 0.224 e. The van der Waals surface area contributed by atoms with E-state index < -0.39 is 0 Å². The highest BCUT2D eigenvalue weighted by Crippen LogP contribution is 2.09. The Balaban J connectivity index is 2.41. The number of benzene rings is 1. The molecule has 0 heterocycles. The number of unbranched alkanes of at least 4 members (excludes halogenated alkanes) is 1. The van der Waals surface area contributed by atoms with Gasteiger partial charge in [-0.3, -0.25) is 4.79 Å². The number of carbonyl (C=O) groups excluding carboxylic acids is 1. The van der Waals surface area contributed by atoms with E-state index in [-0.39, 0.29) is 5.91 Å². The maximum atomic E-state index is 11.5. The van der Waals surface area contributed by atoms with Crippen LogP contribution >= 0.6 is 15.9 Å². The van der Waals surface area contributed by atoms with Gasteiger partial charge in [-0.15, -0.1) is 0 Å². The molecule has 0 unspecified atom stereocenters. The van der Waals surface area contributed by atoms with Crippen molar-refractivity contribution in [2.75, 3.05) is 10.6 Å². The number of nitrogens with zero attached hydrogens (tertiary/aromatic N) is 1. The van der Waals surface area contributed by atoms with Gasteiger partial charge in [-0.2, -0.15) is 5.26 Å². The Labute approximate surface area is 104 Å². The van der Waals surface area contributed by atoms with E-state index in [1.807, 2.05) is 6.07 Å².